The van der Waals surface area contributed by atoms with Gasteiger partial charge in [0.2, 0.25) is 0 Å². The van der Waals surface area contributed by atoms with Crippen molar-refractivity contribution in [1.82, 2.24) is 0 Å². The van der Waals surface area contributed by atoms with E-state index < -0.39 is 5.92 Å². The molecular weight excluding hydrogens is 296 g/mol. The minimum absolute atomic E-state index is 0.140. The average Bonchev–Trinajstić information content (AvgIpc) is 2.28. The summed E-state index contributed by atoms with van der Waals surface area (Å²) < 4.78 is 0.883. The molecule has 1 aliphatic rings. The molecule has 2 rings (SSSR count). The highest BCUT2D eigenvalue weighted by molar-refractivity contribution is 9.10. The van der Waals surface area contributed by atoms with E-state index in [-0.39, 0.29) is 23.8 Å². The van der Waals surface area contributed by atoms with Gasteiger partial charge in [-0.2, -0.15) is 0 Å². The Morgan fingerprint density at radius 2 is 1.89 bits per heavy atom. The van der Waals surface area contributed by atoms with Crippen LogP contribution in [-0.2, 0) is 20.8 Å². The third-order valence-electron chi connectivity index (χ3n) is 3.08. The van der Waals surface area contributed by atoms with Crippen LogP contribution in [0.4, 0.5) is 0 Å². The summed E-state index contributed by atoms with van der Waals surface area (Å²) in [6, 6.07) is 7.35. The second-order valence-corrected chi connectivity index (χ2v) is 5.41. The zero-order valence-corrected chi connectivity index (χ0v) is 11.4. The molecule has 0 unspecified atom stereocenters. The molecule has 1 aliphatic carbocycles. The normalized spacial score (nSPS) is 16.9. The Labute approximate surface area is 114 Å². The number of carbonyl (C=O) groups excluding carboxylic acids is 3. The lowest BCUT2D eigenvalue weighted by molar-refractivity contribution is -0.141. The van der Waals surface area contributed by atoms with Crippen LogP contribution in [0.3, 0.4) is 0 Å². The van der Waals surface area contributed by atoms with Gasteiger partial charge in [0.25, 0.3) is 0 Å². The topological polar surface area (TPSA) is 51.2 Å². The van der Waals surface area contributed by atoms with Crippen molar-refractivity contribution in [3.63, 3.8) is 0 Å². The van der Waals surface area contributed by atoms with Crippen LogP contribution in [0.1, 0.15) is 24.8 Å². The highest BCUT2D eigenvalue weighted by Crippen LogP contribution is 2.20. The first-order valence-corrected chi connectivity index (χ1v) is 6.70. The smallest absolute Gasteiger partial charge is 0.155 e. The van der Waals surface area contributed by atoms with Gasteiger partial charge in [-0.3, -0.25) is 14.4 Å². The molecule has 0 atom stereocenters. The van der Waals surface area contributed by atoms with Gasteiger partial charge in [0, 0.05) is 23.7 Å². The predicted octanol–water partition coefficient (Wildman–Crippen LogP) is 2.50. The van der Waals surface area contributed by atoms with Crippen LogP contribution in [0, 0.1) is 5.92 Å². The van der Waals surface area contributed by atoms with Crippen LogP contribution in [0.15, 0.2) is 28.7 Å². The highest BCUT2D eigenvalue weighted by Gasteiger charge is 2.35. The first-order chi connectivity index (χ1) is 8.58. The van der Waals surface area contributed by atoms with Crippen molar-refractivity contribution in [3.05, 3.63) is 34.3 Å². The molecule has 0 aliphatic heterocycles. The number of rotatable bonds is 3. The molecule has 0 N–H and O–H groups in total. The van der Waals surface area contributed by atoms with Crippen LogP contribution in [0.2, 0.25) is 0 Å². The SMILES string of the molecule is O=C1CCCC(=O)C1C(=O)Cc1cccc(Br)c1. The predicted molar refractivity (Wildman–Crippen MR) is 70.2 cm³/mol. The van der Waals surface area contributed by atoms with Gasteiger partial charge in [-0.05, 0) is 24.1 Å². The molecule has 1 aromatic carbocycles. The third-order valence-corrected chi connectivity index (χ3v) is 3.57. The summed E-state index contributed by atoms with van der Waals surface area (Å²) in [6.07, 6.45) is 1.42. The molecule has 0 radical (unpaired) electrons. The molecule has 0 saturated heterocycles. The summed E-state index contributed by atoms with van der Waals surface area (Å²) in [5.74, 6) is -1.72. The summed E-state index contributed by atoms with van der Waals surface area (Å²) in [5, 5.41) is 0. The van der Waals surface area contributed by atoms with Crippen molar-refractivity contribution >= 4 is 33.3 Å². The summed E-state index contributed by atoms with van der Waals surface area (Å²) in [7, 11) is 0. The molecule has 94 valence electrons. The van der Waals surface area contributed by atoms with E-state index in [2.05, 4.69) is 15.9 Å². The second kappa shape index (κ2) is 5.57. The Bertz CT molecular complexity index is 492. The van der Waals surface area contributed by atoms with E-state index in [1.165, 1.54) is 0 Å². The summed E-state index contributed by atoms with van der Waals surface area (Å²) in [5.41, 5.74) is 0.820. The Kier molecular flexibility index (Phi) is 4.07. The molecule has 1 fully saturated rings. The van der Waals surface area contributed by atoms with E-state index in [1.54, 1.807) is 0 Å². The molecular formula is C14H13BrO3. The Hall–Kier alpha value is -1.29. The lowest BCUT2D eigenvalue weighted by atomic mass is 9.82. The van der Waals surface area contributed by atoms with E-state index in [9.17, 15) is 14.4 Å². The average molecular weight is 309 g/mol. The van der Waals surface area contributed by atoms with Gasteiger partial charge in [0.1, 0.15) is 5.92 Å². The maximum atomic E-state index is 12.0. The molecule has 0 heterocycles. The third kappa shape index (κ3) is 2.93. The molecule has 3 nitrogen and oxygen atoms in total. The fourth-order valence-corrected chi connectivity index (χ4v) is 2.66. The summed E-state index contributed by atoms with van der Waals surface area (Å²) in [4.78, 5) is 35.3. The van der Waals surface area contributed by atoms with Gasteiger partial charge >= 0.3 is 0 Å². The molecule has 1 aromatic rings. The number of benzene rings is 1. The van der Waals surface area contributed by atoms with Crippen LogP contribution in [0.5, 0.6) is 0 Å². The van der Waals surface area contributed by atoms with E-state index in [1.807, 2.05) is 24.3 Å². The first-order valence-electron chi connectivity index (χ1n) is 5.90. The Balaban J connectivity index is 2.12. The fourth-order valence-electron chi connectivity index (χ4n) is 2.21. The van der Waals surface area contributed by atoms with Gasteiger partial charge in [-0.25, -0.2) is 0 Å². The van der Waals surface area contributed by atoms with E-state index in [0.717, 1.165) is 10.0 Å². The zero-order valence-electron chi connectivity index (χ0n) is 9.82. The van der Waals surface area contributed by atoms with Crippen LogP contribution >= 0.6 is 15.9 Å². The molecule has 18 heavy (non-hydrogen) atoms. The number of hydrogen-bond acceptors (Lipinski definition) is 3. The van der Waals surface area contributed by atoms with Crippen molar-refractivity contribution in [3.8, 4) is 0 Å². The number of ketones is 3. The van der Waals surface area contributed by atoms with Crippen molar-refractivity contribution in [2.75, 3.05) is 0 Å². The van der Waals surface area contributed by atoms with Gasteiger partial charge in [-0.15, -0.1) is 0 Å². The van der Waals surface area contributed by atoms with E-state index in [4.69, 9.17) is 0 Å². The number of halogens is 1. The number of hydrogen-bond donors (Lipinski definition) is 0. The molecule has 0 amide bonds. The second-order valence-electron chi connectivity index (χ2n) is 4.49. The standard InChI is InChI=1S/C14H13BrO3/c15-10-4-1-3-9(7-10)8-13(18)14-11(16)5-2-6-12(14)17/h1,3-4,7,14H,2,5-6,8H2. The first kappa shape index (κ1) is 13.1. The molecule has 0 aromatic heterocycles. The number of carbonyl (C=O) groups is 3. The van der Waals surface area contributed by atoms with E-state index >= 15 is 0 Å². The van der Waals surface area contributed by atoms with Gasteiger partial charge in [0.15, 0.2) is 17.3 Å². The van der Waals surface area contributed by atoms with Gasteiger partial charge in [-0.1, -0.05) is 28.1 Å². The maximum absolute atomic E-state index is 12.0. The minimum atomic E-state index is -1.02. The molecule has 0 bridgehead atoms. The van der Waals surface area contributed by atoms with Crippen molar-refractivity contribution in [2.45, 2.75) is 25.7 Å². The lowest BCUT2D eigenvalue weighted by Gasteiger charge is -2.18. The van der Waals surface area contributed by atoms with Gasteiger partial charge < -0.3 is 0 Å². The Morgan fingerprint density at radius 3 is 2.50 bits per heavy atom. The zero-order chi connectivity index (χ0) is 13.1. The lowest BCUT2D eigenvalue weighted by Crippen LogP contribution is -2.36. The van der Waals surface area contributed by atoms with Crippen LogP contribution in [0.25, 0.3) is 0 Å². The van der Waals surface area contributed by atoms with Crippen LogP contribution in [-0.4, -0.2) is 17.3 Å². The number of Topliss-reactive ketones (excluding diaryl/α,β-unsaturated/α-hetero) is 3. The Morgan fingerprint density at radius 1 is 1.22 bits per heavy atom. The molecule has 0 spiro atoms. The minimum Gasteiger partial charge on any atom is -0.298 e. The van der Waals surface area contributed by atoms with Crippen LogP contribution < -0.4 is 0 Å². The maximum Gasteiger partial charge on any atom is 0.155 e. The largest absolute Gasteiger partial charge is 0.298 e. The quantitative estimate of drug-likeness (QED) is 0.806. The summed E-state index contributed by atoms with van der Waals surface area (Å²) >= 11 is 3.33. The molecule has 4 heteroatoms. The van der Waals surface area contributed by atoms with Gasteiger partial charge in [0.05, 0.1) is 0 Å². The molecule has 1 saturated carbocycles. The fraction of sp³-hybridized carbons (Fsp3) is 0.357. The van der Waals surface area contributed by atoms with Crippen molar-refractivity contribution in [1.29, 1.82) is 0 Å². The van der Waals surface area contributed by atoms with Crippen molar-refractivity contribution < 1.29 is 14.4 Å². The highest BCUT2D eigenvalue weighted by atomic mass is 79.9. The summed E-state index contributed by atoms with van der Waals surface area (Å²) in [6.45, 7) is 0. The van der Waals surface area contributed by atoms with E-state index in [0.29, 0.717) is 19.3 Å². The monoisotopic (exact) mass is 308 g/mol. The van der Waals surface area contributed by atoms with Crippen molar-refractivity contribution in [2.24, 2.45) is 5.92 Å².